The lowest BCUT2D eigenvalue weighted by Crippen LogP contribution is -2.48. The maximum atomic E-state index is 13.0. The number of hydrogen-bond donors (Lipinski definition) is 1. The summed E-state index contributed by atoms with van der Waals surface area (Å²) in [5.74, 6) is 0.299. The van der Waals surface area contributed by atoms with Crippen LogP contribution in [0.2, 0.25) is 5.02 Å². The number of carbonyl (C=O) groups is 1. The van der Waals surface area contributed by atoms with Gasteiger partial charge in [-0.15, -0.1) is 0 Å². The van der Waals surface area contributed by atoms with Crippen LogP contribution in [0.5, 0.6) is 5.75 Å². The Morgan fingerprint density at radius 3 is 2.37 bits per heavy atom. The van der Waals surface area contributed by atoms with Crippen molar-refractivity contribution in [2.75, 3.05) is 32.3 Å². The Balaban J connectivity index is 2.04. The molecular weight excluding hydrogens is 424 g/mol. The average molecular weight is 447 g/mol. The lowest BCUT2D eigenvalue weighted by Gasteiger charge is -2.37. The lowest BCUT2D eigenvalue weighted by molar-refractivity contribution is -0.140. The highest BCUT2D eigenvalue weighted by Gasteiger charge is 2.35. The summed E-state index contributed by atoms with van der Waals surface area (Å²) >= 11 is 11.7. The Labute approximate surface area is 186 Å². The van der Waals surface area contributed by atoms with Crippen molar-refractivity contribution in [3.63, 3.8) is 0 Å². The van der Waals surface area contributed by atoms with E-state index in [9.17, 15) is 4.79 Å². The molecule has 1 unspecified atom stereocenters. The van der Waals surface area contributed by atoms with Crippen LogP contribution in [0.3, 0.4) is 0 Å². The van der Waals surface area contributed by atoms with Crippen molar-refractivity contribution in [3.8, 4) is 5.75 Å². The number of halogens is 1. The Bertz CT molecular complexity index is 945. The molecule has 0 radical (unpaired) electrons. The summed E-state index contributed by atoms with van der Waals surface area (Å²) in [6.07, 6.45) is 0. The molecule has 3 rings (SSSR count). The molecule has 0 aromatic heterocycles. The number of rotatable bonds is 7. The molecule has 30 heavy (non-hydrogen) atoms. The third kappa shape index (κ3) is 4.75. The normalized spacial score (nSPS) is 16.3. The third-order valence-electron chi connectivity index (χ3n) is 4.76. The number of carbonyl (C=O) groups excluding carboxylic acids is 1. The fraction of sp³-hybridized carbons (Fsp3) is 0.273. The van der Waals surface area contributed by atoms with E-state index in [0.29, 0.717) is 28.0 Å². The predicted molar refractivity (Wildman–Crippen MR) is 121 cm³/mol. The van der Waals surface area contributed by atoms with E-state index in [4.69, 9.17) is 38.0 Å². The van der Waals surface area contributed by atoms with Crippen molar-refractivity contribution in [1.82, 2.24) is 5.32 Å². The SMILES string of the molecule is COCCOC(=O)C1=C(C)N(c2ccc(OC)cc2)C(=S)NC1c1ccc(Cl)cc1. The van der Waals surface area contributed by atoms with Crippen molar-refractivity contribution >= 4 is 40.6 Å². The minimum atomic E-state index is -0.459. The second kappa shape index (κ2) is 9.93. The highest BCUT2D eigenvalue weighted by Crippen LogP contribution is 2.35. The van der Waals surface area contributed by atoms with Gasteiger partial charge in [0.2, 0.25) is 0 Å². The molecule has 1 heterocycles. The van der Waals surface area contributed by atoms with E-state index >= 15 is 0 Å². The average Bonchev–Trinajstić information content (AvgIpc) is 2.74. The van der Waals surface area contributed by atoms with Crippen LogP contribution in [0.25, 0.3) is 0 Å². The number of esters is 1. The maximum absolute atomic E-state index is 13.0. The predicted octanol–water partition coefficient (Wildman–Crippen LogP) is 4.25. The summed E-state index contributed by atoms with van der Waals surface area (Å²) in [7, 11) is 3.17. The Morgan fingerprint density at radius 1 is 1.10 bits per heavy atom. The van der Waals surface area contributed by atoms with Gasteiger partial charge in [-0.25, -0.2) is 4.79 Å². The maximum Gasteiger partial charge on any atom is 0.338 e. The number of thiocarbonyl (C=S) groups is 1. The monoisotopic (exact) mass is 446 g/mol. The summed E-state index contributed by atoms with van der Waals surface area (Å²) in [5.41, 5.74) is 2.82. The zero-order chi connectivity index (χ0) is 21.7. The van der Waals surface area contributed by atoms with Gasteiger partial charge in [0.15, 0.2) is 5.11 Å². The number of nitrogens with one attached hydrogen (secondary N) is 1. The van der Waals surface area contributed by atoms with E-state index in [0.717, 1.165) is 17.0 Å². The Kier molecular flexibility index (Phi) is 7.31. The second-order valence-corrected chi connectivity index (χ2v) is 7.42. The van der Waals surface area contributed by atoms with Crippen LogP contribution in [-0.2, 0) is 14.3 Å². The molecule has 2 aromatic rings. The van der Waals surface area contributed by atoms with Crippen LogP contribution < -0.4 is 15.0 Å². The number of methoxy groups -OCH3 is 2. The summed E-state index contributed by atoms with van der Waals surface area (Å²) in [5, 5.41) is 4.36. The smallest absolute Gasteiger partial charge is 0.338 e. The van der Waals surface area contributed by atoms with Crippen molar-refractivity contribution < 1.29 is 19.0 Å². The van der Waals surface area contributed by atoms with Crippen LogP contribution >= 0.6 is 23.8 Å². The summed E-state index contributed by atoms with van der Waals surface area (Å²) < 4.78 is 15.7. The first kappa shape index (κ1) is 22.1. The third-order valence-corrected chi connectivity index (χ3v) is 5.31. The topological polar surface area (TPSA) is 60.0 Å². The van der Waals surface area contributed by atoms with Gasteiger partial charge < -0.3 is 19.5 Å². The second-order valence-electron chi connectivity index (χ2n) is 6.60. The highest BCUT2D eigenvalue weighted by molar-refractivity contribution is 7.80. The molecule has 0 saturated carbocycles. The fourth-order valence-electron chi connectivity index (χ4n) is 3.25. The van der Waals surface area contributed by atoms with Crippen molar-refractivity contribution in [2.24, 2.45) is 0 Å². The van der Waals surface area contributed by atoms with Crippen LogP contribution in [-0.4, -0.2) is 38.5 Å². The standard InChI is InChI=1S/C22H23ClN2O4S/c1-14-19(21(26)29-13-12-27-2)20(15-4-6-16(23)7-5-15)24-22(30)25(14)17-8-10-18(28-3)11-9-17/h4-11,20H,12-13H2,1-3H3,(H,24,30). The first-order chi connectivity index (χ1) is 14.5. The van der Waals surface area contributed by atoms with Gasteiger partial charge in [-0.1, -0.05) is 23.7 Å². The molecule has 0 bridgehead atoms. The van der Waals surface area contributed by atoms with Crippen molar-refractivity contribution in [1.29, 1.82) is 0 Å². The quantitative estimate of drug-likeness (QED) is 0.387. The molecule has 0 saturated heterocycles. The number of anilines is 1. The number of benzene rings is 2. The van der Waals surface area contributed by atoms with Crippen LogP contribution in [0.1, 0.15) is 18.5 Å². The molecule has 0 fully saturated rings. The van der Waals surface area contributed by atoms with Gasteiger partial charge in [0.25, 0.3) is 0 Å². The van der Waals surface area contributed by atoms with Crippen molar-refractivity contribution in [3.05, 3.63) is 70.4 Å². The van der Waals surface area contributed by atoms with E-state index < -0.39 is 12.0 Å². The zero-order valence-electron chi connectivity index (χ0n) is 17.0. The number of hydrogen-bond acceptors (Lipinski definition) is 5. The molecule has 0 amide bonds. The van der Waals surface area contributed by atoms with Crippen LogP contribution in [0.4, 0.5) is 5.69 Å². The van der Waals surface area contributed by atoms with Crippen LogP contribution in [0.15, 0.2) is 59.8 Å². The van der Waals surface area contributed by atoms with Gasteiger partial charge >= 0.3 is 5.97 Å². The summed E-state index contributed by atoms with van der Waals surface area (Å²) in [6.45, 7) is 2.33. The number of nitrogens with zero attached hydrogens (tertiary/aromatic N) is 1. The van der Waals surface area contributed by atoms with E-state index in [2.05, 4.69) is 5.32 Å². The summed E-state index contributed by atoms with van der Waals surface area (Å²) in [4.78, 5) is 14.8. The molecule has 8 heteroatoms. The molecular formula is C22H23ClN2O4S. The van der Waals surface area contributed by atoms with Gasteiger partial charge in [-0.05, 0) is 61.1 Å². The van der Waals surface area contributed by atoms with Crippen molar-refractivity contribution in [2.45, 2.75) is 13.0 Å². The lowest BCUT2D eigenvalue weighted by atomic mass is 9.95. The number of allylic oxidation sites excluding steroid dienone is 1. The van der Waals surface area contributed by atoms with E-state index in [1.807, 2.05) is 48.2 Å². The van der Waals surface area contributed by atoms with E-state index in [1.165, 1.54) is 0 Å². The first-order valence-electron chi connectivity index (χ1n) is 9.33. The van der Waals surface area contributed by atoms with Gasteiger partial charge in [-0.2, -0.15) is 0 Å². The summed E-state index contributed by atoms with van der Waals surface area (Å²) in [6, 6.07) is 14.3. The number of ether oxygens (including phenoxy) is 3. The minimum absolute atomic E-state index is 0.159. The van der Waals surface area contributed by atoms with Gasteiger partial charge in [-0.3, -0.25) is 4.90 Å². The minimum Gasteiger partial charge on any atom is -0.497 e. The molecule has 2 aromatic carbocycles. The van der Waals surface area contributed by atoms with Gasteiger partial charge in [0, 0.05) is 23.5 Å². The van der Waals surface area contributed by atoms with E-state index in [-0.39, 0.29) is 6.61 Å². The molecule has 0 spiro atoms. The first-order valence-corrected chi connectivity index (χ1v) is 10.1. The fourth-order valence-corrected chi connectivity index (χ4v) is 3.74. The largest absolute Gasteiger partial charge is 0.497 e. The van der Waals surface area contributed by atoms with Gasteiger partial charge in [0.1, 0.15) is 12.4 Å². The van der Waals surface area contributed by atoms with E-state index in [1.54, 1.807) is 26.4 Å². The molecule has 158 valence electrons. The molecule has 0 aliphatic carbocycles. The molecule has 1 aliphatic rings. The Hall–Kier alpha value is -2.61. The molecule has 1 N–H and O–H groups in total. The molecule has 1 aliphatic heterocycles. The Morgan fingerprint density at radius 2 is 1.77 bits per heavy atom. The molecule has 1 atom stereocenters. The zero-order valence-corrected chi connectivity index (χ0v) is 18.5. The van der Waals surface area contributed by atoms with Crippen LogP contribution in [0, 0.1) is 0 Å². The van der Waals surface area contributed by atoms with Gasteiger partial charge in [0.05, 0.1) is 25.3 Å². The highest BCUT2D eigenvalue weighted by atomic mass is 35.5. The molecule has 6 nitrogen and oxygen atoms in total.